The Morgan fingerprint density at radius 3 is 2.21 bits per heavy atom. The van der Waals surface area contributed by atoms with Gasteiger partial charge in [-0.3, -0.25) is 4.79 Å². The van der Waals surface area contributed by atoms with Gasteiger partial charge >= 0.3 is 0 Å². The van der Waals surface area contributed by atoms with Gasteiger partial charge in [0, 0.05) is 18.4 Å². The lowest BCUT2D eigenvalue weighted by Crippen LogP contribution is -2.32. The molecule has 2 aromatic carbocycles. The average molecular weight is 390 g/mol. The van der Waals surface area contributed by atoms with E-state index in [0.717, 1.165) is 28.9 Å². The van der Waals surface area contributed by atoms with Crippen molar-refractivity contribution < 1.29 is 15.0 Å². The third-order valence-corrected chi connectivity index (χ3v) is 5.84. The molecule has 0 aliphatic heterocycles. The van der Waals surface area contributed by atoms with Gasteiger partial charge in [0.05, 0.1) is 23.7 Å². The summed E-state index contributed by atoms with van der Waals surface area (Å²) in [7, 11) is 0. The second-order valence-electron chi connectivity index (χ2n) is 7.77. The van der Waals surface area contributed by atoms with E-state index in [0.29, 0.717) is 31.4 Å². The highest BCUT2D eigenvalue weighted by Crippen LogP contribution is 2.37. The number of nitrogens with zero attached hydrogens (tertiary/aromatic N) is 2. The summed E-state index contributed by atoms with van der Waals surface area (Å²) >= 11 is 0. The molecule has 2 N–H and O–H groups in total. The summed E-state index contributed by atoms with van der Waals surface area (Å²) in [5, 5.41) is 25.3. The molecule has 0 unspecified atom stereocenters. The first-order valence-corrected chi connectivity index (χ1v) is 10.2. The van der Waals surface area contributed by atoms with Crippen molar-refractivity contribution in [2.75, 3.05) is 0 Å². The van der Waals surface area contributed by atoms with Crippen LogP contribution in [0.2, 0.25) is 0 Å². The molecule has 0 bridgehead atoms. The highest BCUT2D eigenvalue weighted by molar-refractivity contribution is 5.79. The number of aliphatic hydroxyl groups is 2. The number of benzene rings is 2. The number of carbonyl (C=O) groups excluding carboxylic acids is 1. The van der Waals surface area contributed by atoms with Crippen molar-refractivity contribution in [3.63, 3.8) is 0 Å². The Kier molecular flexibility index (Phi) is 5.35. The maximum atomic E-state index is 11.7. The molecule has 0 saturated heterocycles. The second-order valence-corrected chi connectivity index (χ2v) is 7.77. The van der Waals surface area contributed by atoms with E-state index < -0.39 is 5.60 Å². The monoisotopic (exact) mass is 390 g/mol. The molecule has 4 rings (SSSR count). The number of aliphatic hydroxyl groups excluding tert-OH is 1. The fraction of sp³-hybridized carbons (Fsp3) is 0.333. The fourth-order valence-corrected chi connectivity index (χ4v) is 3.86. The summed E-state index contributed by atoms with van der Waals surface area (Å²) in [5.74, 6) is 0.198. The predicted octanol–water partition coefficient (Wildman–Crippen LogP) is 3.92. The SMILES string of the molecule is CCc1ccc(-c2cc(C3(O)CCC(=O)CC3)nn2-c2ccc(CO)cc2)cc1. The first-order valence-electron chi connectivity index (χ1n) is 10.2. The van der Waals surface area contributed by atoms with E-state index >= 15 is 0 Å². The lowest BCUT2D eigenvalue weighted by Gasteiger charge is -2.29. The van der Waals surface area contributed by atoms with Gasteiger partial charge in [-0.2, -0.15) is 5.10 Å². The molecule has 0 atom stereocenters. The van der Waals surface area contributed by atoms with Crippen molar-refractivity contribution in [3.05, 3.63) is 71.4 Å². The van der Waals surface area contributed by atoms with Crippen molar-refractivity contribution in [2.45, 2.75) is 51.2 Å². The maximum absolute atomic E-state index is 11.7. The van der Waals surface area contributed by atoms with Gasteiger partial charge in [-0.05, 0) is 48.6 Å². The summed E-state index contributed by atoms with van der Waals surface area (Å²) in [6.45, 7) is 2.11. The standard InChI is InChI=1S/C24H26N2O3/c1-2-17-3-7-19(8-4-17)22-15-23(24(29)13-11-21(28)12-14-24)25-26(22)20-9-5-18(16-27)6-10-20/h3-10,15,27,29H,2,11-14,16H2,1H3. The van der Waals surface area contributed by atoms with E-state index in [1.807, 2.05) is 35.0 Å². The summed E-state index contributed by atoms with van der Waals surface area (Å²) in [6, 6.07) is 17.9. The maximum Gasteiger partial charge on any atom is 0.133 e. The van der Waals surface area contributed by atoms with Crippen molar-refractivity contribution >= 4 is 5.78 Å². The molecular weight excluding hydrogens is 364 g/mol. The van der Waals surface area contributed by atoms with Crippen LogP contribution in [0.1, 0.15) is 49.4 Å². The van der Waals surface area contributed by atoms with Crippen LogP contribution in [-0.4, -0.2) is 25.8 Å². The number of rotatable bonds is 5. The lowest BCUT2D eigenvalue weighted by atomic mass is 9.82. The molecule has 0 spiro atoms. The van der Waals surface area contributed by atoms with Crippen LogP contribution in [0.3, 0.4) is 0 Å². The van der Waals surface area contributed by atoms with Crippen molar-refractivity contribution in [2.24, 2.45) is 0 Å². The number of hydrogen-bond donors (Lipinski definition) is 2. The van der Waals surface area contributed by atoms with Gasteiger partial charge in [-0.15, -0.1) is 0 Å². The van der Waals surface area contributed by atoms with Gasteiger partial charge in [0.15, 0.2) is 0 Å². The van der Waals surface area contributed by atoms with Gasteiger partial charge in [-0.1, -0.05) is 43.3 Å². The van der Waals surface area contributed by atoms with Gasteiger partial charge < -0.3 is 10.2 Å². The molecule has 5 heteroatoms. The third kappa shape index (κ3) is 3.88. The highest BCUT2D eigenvalue weighted by Gasteiger charge is 2.37. The Bertz CT molecular complexity index is 929. The summed E-state index contributed by atoms with van der Waals surface area (Å²) in [6.07, 6.45) is 2.55. The van der Waals surface area contributed by atoms with Crippen molar-refractivity contribution in [3.8, 4) is 16.9 Å². The topological polar surface area (TPSA) is 75.3 Å². The minimum Gasteiger partial charge on any atom is -0.392 e. The zero-order valence-corrected chi connectivity index (χ0v) is 16.6. The van der Waals surface area contributed by atoms with Crippen LogP contribution in [0, 0.1) is 0 Å². The molecule has 3 aromatic rings. The Hall–Kier alpha value is -2.76. The van der Waals surface area contributed by atoms with Crippen molar-refractivity contribution in [1.82, 2.24) is 9.78 Å². The van der Waals surface area contributed by atoms with Crippen LogP contribution in [0.5, 0.6) is 0 Å². The Morgan fingerprint density at radius 2 is 1.62 bits per heavy atom. The summed E-state index contributed by atoms with van der Waals surface area (Å²) in [5.41, 5.74) is 4.38. The van der Waals surface area contributed by atoms with E-state index in [-0.39, 0.29) is 12.4 Å². The van der Waals surface area contributed by atoms with Gasteiger partial charge in [0.1, 0.15) is 11.4 Å². The van der Waals surface area contributed by atoms with E-state index in [9.17, 15) is 15.0 Å². The van der Waals surface area contributed by atoms with Crippen molar-refractivity contribution in [1.29, 1.82) is 0 Å². The minimum absolute atomic E-state index is 0.0102. The number of aromatic nitrogens is 2. The number of carbonyl (C=O) groups is 1. The fourth-order valence-electron chi connectivity index (χ4n) is 3.86. The molecule has 29 heavy (non-hydrogen) atoms. The van der Waals surface area contributed by atoms with Crippen LogP contribution in [0.25, 0.3) is 16.9 Å². The minimum atomic E-state index is -1.08. The Balaban J connectivity index is 1.80. The van der Waals surface area contributed by atoms with Crippen LogP contribution in [0.15, 0.2) is 54.6 Å². The van der Waals surface area contributed by atoms with Crippen LogP contribution < -0.4 is 0 Å². The van der Waals surface area contributed by atoms with Crippen LogP contribution in [0.4, 0.5) is 0 Å². The van der Waals surface area contributed by atoms with E-state index in [1.54, 1.807) is 0 Å². The second kappa shape index (κ2) is 7.93. The number of hydrogen-bond acceptors (Lipinski definition) is 4. The first kappa shape index (κ1) is 19.6. The Morgan fingerprint density at radius 1 is 1.00 bits per heavy atom. The van der Waals surface area contributed by atoms with Crippen LogP contribution in [-0.2, 0) is 23.4 Å². The zero-order valence-electron chi connectivity index (χ0n) is 16.6. The molecular formula is C24H26N2O3. The number of aryl methyl sites for hydroxylation is 1. The molecule has 1 aromatic heterocycles. The normalized spacial score (nSPS) is 16.2. The zero-order chi connectivity index (χ0) is 20.4. The van der Waals surface area contributed by atoms with Gasteiger partial charge in [0.25, 0.3) is 0 Å². The van der Waals surface area contributed by atoms with Gasteiger partial charge in [0.2, 0.25) is 0 Å². The largest absolute Gasteiger partial charge is 0.392 e. The predicted molar refractivity (Wildman–Crippen MR) is 112 cm³/mol. The molecule has 0 radical (unpaired) electrons. The summed E-state index contributed by atoms with van der Waals surface area (Å²) < 4.78 is 1.84. The van der Waals surface area contributed by atoms with Gasteiger partial charge in [-0.25, -0.2) is 4.68 Å². The molecule has 1 heterocycles. The molecule has 0 amide bonds. The van der Waals surface area contributed by atoms with Crippen LogP contribution >= 0.6 is 0 Å². The molecule has 150 valence electrons. The molecule has 1 aliphatic rings. The highest BCUT2D eigenvalue weighted by atomic mass is 16.3. The van der Waals surface area contributed by atoms with E-state index in [2.05, 4.69) is 31.2 Å². The van der Waals surface area contributed by atoms with E-state index in [4.69, 9.17) is 5.10 Å². The smallest absolute Gasteiger partial charge is 0.133 e. The Labute approximate surface area is 170 Å². The number of Topliss-reactive ketones (excluding diaryl/α,β-unsaturated/α-hetero) is 1. The average Bonchev–Trinajstić information content (AvgIpc) is 3.22. The quantitative estimate of drug-likeness (QED) is 0.692. The number of ketones is 1. The molecule has 5 nitrogen and oxygen atoms in total. The van der Waals surface area contributed by atoms with E-state index in [1.165, 1.54) is 5.56 Å². The molecule has 1 saturated carbocycles. The molecule has 1 fully saturated rings. The third-order valence-electron chi connectivity index (χ3n) is 5.84. The molecule has 1 aliphatic carbocycles. The summed E-state index contributed by atoms with van der Waals surface area (Å²) in [4.78, 5) is 11.7. The first-order chi connectivity index (χ1) is 14.0. The lowest BCUT2D eigenvalue weighted by molar-refractivity contribution is -0.125.